The van der Waals surface area contributed by atoms with Crippen molar-refractivity contribution >= 4 is 5.69 Å². The molecule has 0 amide bonds. The van der Waals surface area contributed by atoms with Crippen LogP contribution in [-0.2, 0) is 13.5 Å². The van der Waals surface area contributed by atoms with Crippen LogP contribution in [0.2, 0.25) is 0 Å². The van der Waals surface area contributed by atoms with Crippen LogP contribution < -0.4 is 5.32 Å². The summed E-state index contributed by atoms with van der Waals surface area (Å²) in [4.78, 5) is 8.71. The first-order chi connectivity index (χ1) is 11.1. The van der Waals surface area contributed by atoms with Crippen LogP contribution in [0.3, 0.4) is 0 Å². The van der Waals surface area contributed by atoms with E-state index >= 15 is 0 Å². The Kier molecular flexibility index (Phi) is 4.37. The summed E-state index contributed by atoms with van der Waals surface area (Å²) in [7, 11) is 1.91. The Morgan fingerprint density at radius 2 is 2.04 bits per heavy atom. The Morgan fingerprint density at radius 3 is 2.74 bits per heavy atom. The van der Waals surface area contributed by atoms with E-state index in [0.29, 0.717) is 0 Å². The zero-order chi connectivity index (χ0) is 16.2. The standard InChI is InChI=1S/C18H21N5/c1-13-7-8-15(10-16-6-4-5-9-19-16)11-17(13)22-14(2)18-20-12-21-23(18)3/h4-9,11-12,14,22H,10H2,1-3H3. The van der Waals surface area contributed by atoms with Gasteiger partial charge in [0.05, 0.1) is 6.04 Å². The lowest BCUT2D eigenvalue weighted by Gasteiger charge is -2.17. The third-order valence-electron chi connectivity index (χ3n) is 3.92. The molecule has 2 heterocycles. The molecule has 1 N–H and O–H groups in total. The van der Waals surface area contributed by atoms with Crippen LogP contribution >= 0.6 is 0 Å². The van der Waals surface area contributed by atoms with Gasteiger partial charge in [0.15, 0.2) is 0 Å². The zero-order valence-electron chi connectivity index (χ0n) is 13.7. The second-order valence-corrected chi connectivity index (χ2v) is 5.75. The van der Waals surface area contributed by atoms with E-state index in [-0.39, 0.29) is 6.04 Å². The summed E-state index contributed by atoms with van der Waals surface area (Å²) in [5.41, 5.74) is 4.64. The van der Waals surface area contributed by atoms with Crippen LogP contribution in [0, 0.1) is 6.92 Å². The molecule has 1 atom stereocenters. The lowest BCUT2D eigenvalue weighted by molar-refractivity contribution is 0.661. The van der Waals surface area contributed by atoms with Crippen molar-refractivity contribution in [3.63, 3.8) is 0 Å². The van der Waals surface area contributed by atoms with Gasteiger partial charge < -0.3 is 5.32 Å². The van der Waals surface area contributed by atoms with Crippen LogP contribution in [0.25, 0.3) is 0 Å². The summed E-state index contributed by atoms with van der Waals surface area (Å²) in [5, 5.41) is 7.67. The molecular weight excluding hydrogens is 286 g/mol. The van der Waals surface area contributed by atoms with Crippen molar-refractivity contribution in [1.29, 1.82) is 0 Å². The van der Waals surface area contributed by atoms with Crippen molar-refractivity contribution in [3.8, 4) is 0 Å². The first-order valence-corrected chi connectivity index (χ1v) is 7.73. The molecule has 1 unspecified atom stereocenters. The van der Waals surface area contributed by atoms with E-state index in [2.05, 4.69) is 58.5 Å². The minimum absolute atomic E-state index is 0.0892. The van der Waals surface area contributed by atoms with Gasteiger partial charge in [-0.15, -0.1) is 0 Å². The Morgan fingerprint density at radius 1 is 1.17 bits per heavy atom. The maximum atomic E-state index is 4.40. The minimum atomic E-state index is 0.0892. The topological polar surface area (TPSA) is 55.6 Å². The van der Waals surface area contributed by atoms with Crippen LogP contribution in [-0.4, -0.2) is 19.7 Å². The van der Waals surface area contributed by atoms with Crippen molar-refractivity contribution in [3.05, 3.63) is 71.6 Å². The number of nitrogens with zero attached hydrogens (tertiary/aromatic N) is 4. The molecule has 5 nitrogen and oxygen atoms in total. The van der Waals surface area contributed by atoms with Gasteiger partial charge in [-0.25, -0.2) is 4.98 Å². The van der Waals surface area contributed by atoms with Gasteiger partial charge in [0.25, 0.3) is 0 Å². The Balaban J connectivity index is 1.79. The molecule has 0 bridgehead atoms. The van der Waals surface area contributed by atoms with Crippen LogP contribution in [0.15, 0.2) is 48.9 Å². The normalized spacial score (nSPS) is 12.1. The molecule has 0 saturated heterocycles. The number of rotatable bonds is 5. The number of hydrogen-bond acceptors (Lipinski definition) is 4. The highest BCUT2D eigenvalue weighted by Crippen LogP contribution is 2.23. The van der Waals surface area contributed by atoms with Crippen molar-refractivity contribution < 1.29 is 0 Å². The summed E-state index contributed by atoms with van der Waals surface area (Å²) >= 11 is 0. The Bertz CT molecular complexity index is 779. The van der Waals surface area contributed by atoms with Gasteiger partial charge in [-0.2, -0.15) is 5.10 Å². The molecule has 0 radical (unpaired) electrons. The fraction of sp³-hybridized carbons (Fsp3) is 0.278. The van der Waals surface area contributed by atoms with Crippen molar-refractivity contribution in [2.24, 2.45) is 7.05 Å². The zero-order valence-corrected chi connectivity index (χ0v) is 13.7. The van der Waals surface area contributed by atoms with Crippen molar-refractivity contribution in [1.82, 2.24) is 19.7 Å². The molecular formula is C18H21N5. The van der Waals surface area contributed by atoms with E-state index in [1.54, 1.807) is 11.0 Å². The minimum Gasteiger partial charge on any atom is -0.375 e. The first-order valence-electron chi connectivity index (χ1n) is 7.73. The average Bonchev–Trinajstić information content (AvgIpc) is 2.98. The molecule has 0 spiro atoms. The lowest BCUT2D eigenvalue weighted by Crippen LogP contribution is -2.13. The van der Waals surface area contributed by atoms with Gasteiger partial charge in [0, 0.05) is 31.0 Å². The summed E-state index contributed by atoms with van der Waals surface area (Å²) in [6.45, 7) is 4.20. The monoisotopic (exact) mass is 307 g/mol. The summed E-state index contributed by atoms with van der Waals surface area (Å²) in [5.74, 6) is 0.916. The van der Waals surface area contributed by atoms with Gasteiger partial charge in [-0.3, -0.25) is 9.67 Å². The number of nitrogens with one attached hydrogen (secondary N) is 1. The van der Waals surface area contributed by atoms with E-state index < -0.39 is 0 Å². The van der Waals surface area contributed by atoms with Crippen LogP contribution in [0.5, 0.6) is 0 Å². The molecule has 3 rings (SSSR count). The molecule has 0 fully saturated rings. The second-order valence-electron chi connectivity index (χ2n) is 5.75. The molecule has 0 aliphatic carbocycles. The van der Waals surface area contributed by atoms with Crippen LogP contribution in [0.4, 0.5) is 5.69 Å². The lowest BCUT2D eigenvalue weighted by atomic mass is 10.0. The maximum absolute atomic E-state index is 4.40. The first kappa shape index (κ1) is 15.2. The van der Waals surface area contributed by atoms with Crippen molar-refractivity contribution in [2.45, 2.75) is 26.3 Å². The van der Waals surface area contributed by atoms with Crippen molar-refractivity contribution in [2.75, 3.05) is 5.32 Å². The highest BCUT2D eigenvalue weighted by atomic mass is 15.3. The molecule has 3 aromatic rings. The highest BCUT2D eigenvalue weighted by molar-refractivity contribution is 5.54. The number of hydrogen-bond donors (Lipinski definition) is 1. The predicted molar refractivity (Wildman–Crippen MR) is 91.3 cm³/mol. The fourth-order valence-corrected chi connectivity index (χ4v) is 2.64. The number of aryl methyl sites for hydroxylation is 2. The maximum Gasteiger partial charge on any atom is 0.148 e. The van der Waals surface area contributed by atoms with Gasteiger partial charge in [0.1, 0.15) is 12.2 Å². The third-order valence-corrected chi connectivity index (χ3v) is 3.92. The van der Waals surface area contributed by atoms with E-state index in [4.69, 9.17) is 0 Å². The molecule has 118 valence electrons. The van der Waals surface area contributed by atoms with E-state index in [9.17, 15) is 0 Å². The van der Waals surface area contributed by atoms with Gasteiger partial charge in [-0.05, 0) is 43.2 Å². The number of anilines is 1. The molecule has 23 heavy (non-hydrogen) atoms. The van der Waals surface area contributed by atoms with Gasteiger partial charge >= 0.3 is 0 Å². The van der Waals surface area contributed by atoms with E-state index in [1.165, 1.54) is 11.1 Å². The molecule has 0 saturated carbocycles. The summed E-state index contributed by atoms with van der Waals surface area (Å²) < 4.78 is 1.80. The van der Waals surface area contributed by atoms with Crippen LogP contribution in [0.1, 0.15) is 35.6 Å². The number of aromatic nitrogens is 4. The van der Waals surface area contributed by atoms with Gasteiger partial charge in [0.2, 0.25) is 0 Å². The van der Waals surface area contributed by atoms with E-state index in [1.807, 2.05) is 25.4 Å². The Labute approximate surface area is 136 Å². The second kappa shape index (κ2) is 6.60. The predicted octanol–water partition coefficient (Wildman–Crippen LogP) is 3.28. The third kappa shape index (κ3) is 3.56. The summed E-state index contributed by atoms with van der Waals surface area (Å²) in [6.07, 6.45) is 4.24. The highest BCUT2D eigenvalue weighted by Gasteiger charge is 2.12. The summed E-state index contributed by atoms with van der Waals surface area (Å²) in [6, 6.07) is 12.6. The van der Waals surface area contributed by atoms with Gasteiger partial charge in [-0.1, -0.05) is 18.2 Å². The SMILES string of the molecule is Cc1ccc(Cc2ccccn2)cc1NC(C)c1ncnn1C. The number of benzene rings is 1. The largest absolute Gasteiger partial charge is 0.375 e. The quantitative estimate of drug-likeness (QED) is 0.786. The molecule has 0 aliphatic rings. The molecule has 0 aliphatic heterocycles. The smallest absolute Gasteiger partial charge is 0.148 e. The molecule has 2 aromatic heterocycles. The number of pyridine rings is 1. The average molecular weight is 307 g/mol. The fourth-order valence-electron chi connectivity index (χ4n) is 2.64. The van der Waals surface area contributed by atoms with E-state index in [0.717, 1.165) is 23.6 Å². The Hall–Kier alpha value is -2.69. The molecule has 5 heteroatoms. The molecule has 1 aromatic carbocycles.